The Kier molecular flexibility index (Phi) is 5.18. The molecule has 1 N–H and O–H groups in total. The summed E-state index contributed by atoms with van der Waals surface area (Å²) < 4.78 is 0. The minimum absolute atomic E-state index is 0.112. The number of amides is 1. The van der Waals surface area contributed by atoms with Gasteiger partial charge in [-0.2, -0.15) is 5.26 Å². The Morgan fingerprint density at radius 2 is 1.86 bits per heavy atom. The largest absolute Gasteiger partial charge is 0.369 e. The maximum Gasteiger partial charge on any atom is 0.238 e. The Hall–Kier alpha value is -2.06. The molecule has 0 atom stereocenters. The van der Waals surface area contributed by atoms with Crippen LogP contribution in [0.15, 0.2) is 24.3 Å². The van der Waals surface area contributed by atoms with Crippen LogP contribution in [0.5, 0.6) is 0 Å². The minimum atomic E-state index is -0.268. The third-order valence-electron chi connectivity index (χ3n) is 3.80. The van der Waals surface area contributed by atoms with Gasteiger partial charge in [0.25, 0.3) is 0 Å². The van der Waals surface area contributed by atoms with Crippen LogP contribution in [-0.2, 0) is 4.79 Å². The topological polar surface area (TPSA) is 59.4 Å². The van der Waals surface area contributed by atoms with Crippen molar-refractivity contribution in [3.05, 3.63) is 24.3 Å². The van der Waals surface area contributed by atoms with Crippen LogP contribution in [0.25, 0.3) is 0 Å². The molecule has 1 aromatic rings. The van der Waals surface area contributed by atoms with Gasteiger partial charge in [-0.25, -0.2) is 0 Å². The van der Waals surface area contributed by atoms with E-state index < -0.39 is 0 Å². The molecule has 0 spiro atoms. The lowest BCUT2D eigenvalue weighted by atomic mass is 10.2. The first-order chi connectivity index (χ1) is 10.1. The van der Waals surface area contributed by atoms with E-state index in [4.69, 9.17) is 5.26 Å². The summed E-state index contributed by atoms with van der Waals surface area (Å²) in [6.45, 7) is 8.68. The fourth-order valence-corrected chi connectivity index (χ4v) is 2.53. The summed E-state index contributed by atoms with van der Waals surface area (Å²) in [5.41, 5.74) is 1.91. The number of hydrogen-bond acceptors (Lipinski definition) is 4. The second-order valence-electron chi connectivity index (χ2n) is 5.55. The van der Waals surface area contributed by atoms with Gasteiger partial charge in [0.2, 0.25) is 5.91 Å². The molecular weight excluding hydrogens is 264 g/mol. The van der Waals surface area contributed by atoms with E-state index in [1.54, 1.807) is 0 Å². The molecule has 1 aliphatic heterocycles. The van der Waals surface area contributed by atoms with Gasteiger partial charge in [0.05, 0.1) is 6.07 Å². The Labute approximate surface area is 126 Å². The van der Waals surface area contributed by atoms with Gasteiger partial charge in [0.15, 0.2) is 0 Å². The van der Waals surface area contributed by atoms with E-state index in [0.29, 0.717) is 6.04 Å². The number of carbonyl (C=O) groups is 1. The van der Waals surface area contributed by atoms with E-state index in [-0.39, 0.29) is 12.3 Å². The fourth-order valence-electron chi connectivity index (χ4n) is 2.53. The molecule has 0 aromatic heterocycles. The van der Waals surface area contributed by atoms with Gasteiger partial charge in [-0.05, 0) is 38.1 Å². The molecule has 1 saturated heterocycles. The molecule has 1 heterocycles. The Balaban J connectivity index is 1.91. The van der Waals surface area contributed by atoms with Gasteiger partial charge in [-0.15, -0.1) is 0 Å². The highest BCUT2D eigenvalue weighted by atomic mass is 16.1. The molecule has 1 aliphatic rings. The Morgan fingerprint density at radius 3 is 2.38 bits per heavy atom. The highest BCUT2D eigenvalue weighted by Crippen LogP contribution is 2.20. The summed E-state index contributed by atoms with van der Waals surface area (Å²) in [5.74, 6) is -0.268. The summed E-state index contributed by atoms with van der Waals surface area (Å²) in [6.07, 6.45) is -0.112. The maximum absolute atomic E-state index is 11.3. The van der Waals surface area contributed by atoms with Crippen LogP contribution >= 0.6 is 0 Å². The number of carbonyl (C=O) groups excluding carboxylic acids is 1. The zero-order chi connectivity index (χ0) is 15.2. The molecule has 21 heavy (non-hydrogen) atoms. The number of nitrogens with zero attached hydrogens (tertiary/aromatic N) is 3. The molecule has 0 unspecified atom stereocenters. The summed E-state index contributed by atoms with van der Waals surface area (Å²) in [7, 11) is 0. The van der Waals surface area contributed by atoms with E-state index in [9.17, 15) is 4.79 Å². The number of rotatable bonds is 4. The zero-order valence-electron chi connectivity index (χ0n) is 12.7. The van der Waals surface area contributed by atoms with Gasteiger partial charge in [-0.1, -0.05) is 0 Å². The molecule has 1 aromatic carbocycles. The lowest BCUT2D eigenvalue weighted by Crippen LogP contribution is -2.48. The number of anilines is 2. The van der Waals surface area contributed by atoms with Crippen LogP contribution in [0.3, 0.4) is 0 Å². The normalized spacial score (nSPS) is 15.8. The Bertz CT molecular complexity index is 510. The first kappa shape index (κ1) is 15.3. The molecule has 0 radical (unpaired) electrons. The van der Waals surface area contributed by atoms with Crippen molar-refractivity contribution in [2.24, 2.45) is 0 Å². The van der Waals surface area contributed by atoms with Gasteiger partial charge < -0.3 is 10.2 Å². The molecule has 112 valence electrons. The molecule has 2 rings (SSSR count). The second kappa shape index (κ2) is 7.09. The van der Waals surface area contributed by atoms with Crippen LogP contribution in [-0.4, -0.2) is 43.0 Å². The van der Waals surface area contributed by atoms with Crippen molar-refractivity contribution in [2.45, 2.75) is 26.3 Å². The van der Waals surface area contributed by atoms with Crippen molar-refractivity contribution < 1.29 is 4.79 Å². The van der Waals surface area contributed by atoms with E-state index in [1.165, 1.54) is 5.69 Å². The van der Waals surface area contributed by atoms with Crippen LogP contribution in [0.4, 0.5) is 11.4 Å². The average Bonchev–Trinajstić information content (AvgIpc) is 2.48. The molecular formula is C16H22N4O. The lowest BCUT2D eigenvalue weighted by Gasteiger charge is -2.38. The number of benzene rings is 1. The van der Waals surface area contributed by atoms with Crippen molar-refractivity contribution in [1.29, 1.82) is 5.26 Å². The van der Waals surface area contributed by atoms with Gasteiger partial charge >= 0.3 is 0 Å². The predicted molar refractivity (Wildman–Crippen MR) is 84.2 cm³/mol. The highest BCUT2D eigenvalue weighted by Gasteiger charge is 2.18. The second-order valence-corrected chi connectivity index (χ2v) is 5.55. The van der Waals surface area contributed by atoms with Crippen molar-refractivity contribution in [3.8, 4) is 6.07 Å². The van der Waals surface area contributed by atoms with Crippen molar-refractivity contribution in [2.75, 3.05) is 36.4 Å². The standard InChI is InChI=1S/C16H22N4O/c1-13(2)19-9-11-20(12-10-19)15-5-3-14(4-6-15)18-16(21)7-8-17/h3-6,13H,7,9-12H2,1-2H3,(H,18,21). The minimum Gasteiger partial charge on any atom is -0.369 e. The lowest BCUT2D eigenvalue weighted by molar-refractivity contribution is -0.115. The summed E-state index contributed by atoms with van der Waals surface area (Å²) in [6, 6.07) is 10.3. The first-order valence-electron chi connectivity index (χ1n) is 7.36. The third-order valence-corrected chi connectivity index (χ3v) is 3.80. The van der Waals surface area contributed by atoms with Crippen LogP contribution in [0, 0.1) is 11.3 Å². The van der Waals surface area contributed by atoms with Crippen LogP contribution in [0.1, 0.15) is 20.3 Å². The Morgan fingerprint density at radius 1 is 1.24 bits per heavy atom. The van der Waals surface area contributed by atoms with Crippen LogP contribution < -0.4 is 10.2 Å². The van der Waals surface area contributed by atoms with Gasteiger partial charge in [0, 0.05) is 43.6 Å². The van der Waals surface area contributed by atoms with Gasteiger partial charge in [-0.3, -0.25) is 9.69 Å². The smallest absolute Gasteiger partial charge is 0.238 e. The molecule has 1 fully saturated rings. The van der Waals surface area contributed by atoms with E-state index in [1.807, 2.05) is 30.3 Å². The highest BCUT2D eigenvalue weighted by molar-refractivity contribution is 5.92. The predicted octanol–water partition coefficient (Wildman–Crippen LogP) is 2.07. The van der Waals surface area contributed by atoms with E-state index >= 15 is 0 Å². The molecule has 0 saturated carbocycles. The number of hydrogen-bond donors (Lipinski definition) is 1. The summed E-state index contributed by atoms with van der Waals surface area (Å²) in [4.78, 5) is 16.2. The molecule has 5 nitrogen and oxygen atoms in total. The van der Waals surface area contributed by atoms with Crippen LogP contribution in [0.2, 0.25) is 0 Å². The van der Waals surface area contributed by atoms with E-state index in [0.717, 1.165) is 31.9 Å². The number of piperazine rings is 1. The third kappa shape index (κ3) is 4.20. The SMILES string of the molecule is CC(C)N1CCN(c2ccc(NC(=O)CC#N)cc2)CC1. The molecule has 0 aliphatic carbocycles. The molecule has 5 heteroatoms. The quantitative estimate of drug-likeness (QED) is 0.920. The zero-order valence-corrected chi connectivity index (χ0v) is 12.7. The maximum atomic E-state index is 11.3. The monoisotopic (exact) mass is 286 g/mol. The van der Waals surface area contributed by atoms with Crippen molar-refractivity contribution in [3.63, 3.8) is 0 Å². The van der Waals surface area contributed by atoms with Crippen molar-refractivity contribution >= 4 is 17.3 Å². The van der Waals surface area contributed by atoms with E-state index in [2.05, 4.69) is 29.0 Å². The summed E-state index contributed by atoms with van der Waals surface area (Å²) >= 11 is 0. The fraction of sp³-hybridized carbons (Fsp3) is 0.500. The number of nitriles is 1. The molecule has 1 amide bonds. The summed E-state index contributed by atoms with van der Waals surface area (Å²) in [5, 5.41) is 11.2. The average molecular weight is 286 g/mol. The van der Waals surface area contributed by atoms with Gasteiger partial charge in [0.1, 0.15) is 6.42 Å². The van der Waals surface area contributed by atoms with Crippen molar-refractivity contribution in [1.82, 2.24) is 4.90 Å². The number of nitrogens with one attached hydrogen (secondary N) is 1. The first-order valence-corrected chi connectivity index (χ1v) is 7.36. The molecule has 0 bridgehead atoms.